The lowest BCUT2D eigenvalue weighted by Gasteiger charge is -2.08. The van der Waals surface area contributed by atoms with Gasteiger partial charge in [-0.05, 0) is 25.1 Å². The average Bonchev–Trinajstić information content (AvgIpc) is 2.94. The fraction of sp³-hybridized carbons (Fsp3) is 0.429. The van der Waals surface area contributed by atoms with Crippen LogP contribution in [-0.2, 0) is 11.3 Å². The summed E-state index contributed by atoms with van der Waals surface area (Å²) in [4.78, 5) is 0. The molecule has 0 bridgehead atoms. The number of hydrogen-bond acceptors (Lipinski definition) is 6. The van der Waals surface area contributed by atoms with E-state index in [1.165, 1.54) is 0 Å². The third kappa shape index (κ3) is 4.41. The van der Waals surface area contributed by atoms with Crippen molar-refractivity contribution in [3.63, 3.8) is 0 Å². The van der Waals surface area contributed by atoms with Gasteiger partial charge >= 0.3 is 0 Å². The monoisotopic (exact) mass is 277 g/mol. The Hall–Kier alpha value is -1.76. The van der Waals surface area contributed by atoms with Crippen molar-refractivity contribution in [2.45, 2.75) is 19.1 Å². The molecule has 108 valence electrons. The molecule has 0 saturated carbocycles. The Morgan fingerprint density at radius 3 is 2.85 bits per heavy atom. The van der Waals surface area contributed by atoms with Gasteiger partial charge in [-0.15, -0.1) is 10.2 Å². The van der Waals surface area contributed by atoms with Crippen LogP contribution in [0.3, 0.4) is 0 Å². The van der Waals surface area contributed by atoms with E-state index >= 15 is 0 Å². The number of aromatic nitrogens is 2. The summed E-state index contributed by atoms with van der Waals surface area (Å²) in [5, 5.41) is 20.6. The number of aliphatic hydroxyl groups excluding tert-OH is 1. The van der Waals surface area contributed by atoms with Crippen molar-refractivity contribution in [1.29, 1.82) is 0 Å². The molecule has 2 rings (SSSR count). The lowest BCUT2D eigenvalue weighted by atomic mass is 10.2. The summed E-state index contributed by atoms with van der Waals surface area (Å²) < 4.78 is 10.4. The van der Waals surface area contributed by atoms with E-state index in [0.717, 1.165) is 5.56 Å². The number of rotatable bonds is 8. The third-order valence-electron chi connectivity index (χ3n) is 2.78. The molecule has 1 aromatic carbocycles. The van der Waals surface area contributed by atoms with Crippen LogP contribution in [0, 0.1) is 0 Å². The number of nitrogens with one attached hydrogen (secondary N) is 1. The van der Waals surface area contributed by atoms with Gasteiger partial charge in [0.1, 0.15) is 0 Å². The lowest BCUT2D eigenvalue weighted by Crippen LogP contribution is -2.23. The third-order valence-corrected chi connectivity index (χ3v) is 2.78. The average molecular weight is 277 g/mol. The summed E-state index contributed by atoms with van der Waals surface area (Å²) in [6.07, 6.45) is 0.170. The normalized spacial score (nSPS) is 12.5. The summed E-state index contributed by atoms with van der Waals surface area (Å²) >= 11 is 0. The Labute approximate surface area is 117 Å². The molecule has 0 radical (unpaired) electrons. The van der Waals surface area contributed by atoms with Gasteiger partial charge < -0.3 is 19.6 Å². The Balaban J connectivity index is 1.76. The van der Waals surface area contributed by atoms with Crippen LogP contribution >= 0.6 is 0 Å². The lowest BCUT2D eigenvalue weighted by molar-refractivity contribution is 0.0593. The van der Waals surface area contributed by atoms with Crippen LogP contribution in [0.25, 0.3) is 11.5 Å². The molecule has 1 unspecified atom stereocenters. The van der Waals surface area contributed by atoms with Crippen molar-refractivity contribution in [1.82, 2.24) is 15.5 Å². The van der Waals surface area contributed by atoms with Gasteiger partial charge in [0.05, 0.1) is 19.3 Å². The maximum absolute atomic E-state index is 9.48. The largest absolute Gasteiger partial charge is 0.419 e. The standard InChI is InChI=1S/C14H19N3O3/c1-19-10-12(18)7-8-15-9-13-16-17-14(20-13)11-5-3-2-4-6-11/h2-6,12,15,18H,7-10H2,1H3. The number of ether oxygens (including phenoxy) is 1. The van der Waals surface area contributed by atoms with E-state index in [0.29, 0.717) is 37.9 Å². The molecular formula is C14H19N3O3. The van der Waals surface area contributed by atoms with E-state index in [9.17, 15) is 5.11 Å². The molecule has 0 spiro atoms. The highest BCUT2D eigenvalue weighted by Gasteiger charge is 2.08. The zero-order valence-electron chi connectivity index (χ0n) is 11.5. The highest BCUT2D eigenvalue weighted by Crippen LogP contribution is 2.16. The van der Waals surface area contributed by atoms with Crippen LogP contribution in [0.15, 0.2) is 34.7 Å². The van der Waals surface area contributed by atoms with Gasteiger partial charge in [-0.2, -0.15) is 0 Å². The minimum atomic E-state index is -0.449. The maximum Gasteiger partial charge on any atom is 0.247 e. The second-order valence-electron chi connectivity index (χ2n) is 4.44. The molecule has 0 saturated heterocycles. The molecule has 2 aromatic rings. The van der Waals surface area contributed by atoms with Crippen LogP contribution < -0.4 is 5.32 Å². The van der Waals surface area contributed by atoms with E-state index in [-0.39, 0.29) is 0 Å². The molecule has 0 fully saturated rings. The molecule has 1 heterocycles. The minimum Gasteiger partial charge on any atom is -0.419 e. The molecule has 2 N–H and O–H groups in total. The summed E-state index contributed by atoms with van der Waals surface area (Å²) in [6.45, 7) is 1.49. The van der Waals surface area contributed by atoms with Crippen molar-refractivity contribution < 1.29 is 14.3 Å². The van der Waals surface area contributed by atoms with Gasteiger partial charge in [-0.1, -0.05) is 18.2 Å². The Kier molecular flexibility index (Phi) is 5.67. The van der Waals surface area contributed by atoms with Gasteiger partial charge in [0.2, 0.25) is 11.8 Å². The number of methoxy groups -OCH3 is 1. The molecule has 1 atom stereocenters. The predicted octanol–water partition coefficient (Wildman–Crippen LogP) is 1.22. The van der Waals surface area contributed by atoms with Crippen LogP contribution in [0.2, 0.25) is 0 Å². The summed E-state index contributed by atoms with van der Waals surface area (Å²) in [6, 6.07) is 9.63. The molecule has 6 heteroatoms. The van der Waals surface area contributed by atoms with Crippen LogP contribution in [0.1, 0.15) is 12.3 Å². The highest BCUT2D eigenvalue weighted by atomic mass is 16.5. The topological polar surface area (TPSA) is 80.4 Å². The Morgan fingerprint density at radius 2 is 2.10 bits per heavy atom. The molecular weight excluding hydrogens is 258 g/mol. The van der Waals surface area contributed by atoms with Crippen molar-refractivity contribution in [3.05, 3.63) is 36.2 Å². The first kappa shape index (κ1) is 14.6. The van der Waals surface area contributed by atoms with Crippen molar-refractivity contribution in [2.24, 2.45) is 0 Å². The first-order chi connectivity index (χ1) is 9.79. The SMILES string of the molecule is COCC(O)CCNCc1nnc(-c2ccccc2)o1. The summed E-state index contributed by atoms with van der Waals surface area (Å²) in [7, 11) is 1.57. The zero-order chi connectivity index (χ0) is 14.2. The summed E-state index contributed by atoms with van der Waals surface area (Å²) in [5.74, 6) is 1.05. The first-order valence-corrected chi connectivity index (χ1v) is 6.55. The molecule has 0 amide bonds. The molecule has 0 aliphatic rings. The van der Waals surface area contributed by atoms with Gasteiger partial charge in [0.15, 0.2) is 0 Å². The second-order valence-corrected chi connectivity index (χ2v) is 4.44. The molecule has 0 aliphatic heterocycles. The molecule has 0 aliphatic carbocycles. The fourth-order valence-electron chi connectivity index (χ4n) is 1.76. The summed E-state index contributed by atoms with van der Waals surface area (Å²) in [5.41, 5.74) is 0.904. The van der Waals surface area contributed by atoms with Gasteiger partial charge in [0, 0.05) is 12.7 Å². The molecule has 6 nitrogen and oxygen atoms in total. The maximum atomic E-state index is 9.48. The molecule has 1 aromatic heterocycles. The van der Waals surface area contributed by atoms with E-state index in [1.54, 1.807) is 7.11 Å². The Bertz CT molecular complexity index is 501. The van der Waals surface area contributed by atoms with Crippen molar-refractivity contribution >= 4 is 0 Å². The quantitative estimate of drug-likeness (QED) is 0.706. The number of benzene rings is 1. The first-order valence-electron chi connectivity index (χ1n) is 6.55. The fourth-order valence-corrected chi connectivity index (χ4v) is 1.76. The van der Waals surface area contributed by atoms with E-state index in [4.69, 9.17) is 9.15 Å². The van der Waals surface area contributed by atoms with Crippen molar-refractivity contribution in [2.75, 3.05) is 20.3 Å². The smallest absolute Gasteiger partial charge is 0.247 e. The molecule has 20 heavy (non-hydrogen) atoms. The van der Waals surface area contributed by atoms with Gasteiger partial charge in [-0.3, -0.25) is 0 Å². The van der Waals surface area contributed by atoms with Crippen LogP contribution in [-0.4, -0.2) is 41.7 Å². The van der Waals surface area contributed by atoms with Crippen LogP contribution in [0.4, 0.5) is 0 Å². The second kappa shape index (κ2) is 7.74. The van der Waals surface area contributed by atoms with Crippen LogP contribution in [0.5, 0.6) is 0 Å². The number of nitrogens with zero attached hydrogens (tertiary/aromatic N) is 2. The van der Waals surface area contributed by atoms with Crippen molar-refractivity contribution in [3.8, 4) is 11.5 Å². The predicted molar refractivity (Wildman–Crippen MR) is 73.9 cm³/mol. The van der Waals surface area contributed by atoms with Gasteiger partial charge in [-0.25, -0.2) is 0 Å². The minimum absolute atomic E-state index is 0.348. The van der Waals surface area contributed by atoms with Gasteiger partial charge in [0.25, 0.3) is 0 Å². The van der Waals surface area contributed by atoms with E-state index in [1.807, 2.05) is 30.3 Å². The number of hydrogen-bond donors (Lipinski definition) is 2. The number of aliphatic hydroxyl groups is 1. The highest BCUT2D eigenvalue weighted by molar-refractivity contribution is 5.51. The zero-order valence-corrected chi connectivity index (χ0v) is 11.5. The van der Waals surface area contributed by atoms with E-state index < -0.39 is 6.10 Å². The van der Waals surface area contributed by atoms with E-state index in [2.05, 4.69) is 15.5 Å². The Morgan fingerprint density at radius 1 is 1.30 bits per heavy atom.